The standard InChI is InChI=1S/C24H24FN5O2S/c1-16-5-6-26-22(25)21(16)17-3-2-4-18(13-17)30-15-19(14-20(30)31)28-8-10-29(11-9-28)24(32)23-27-7-12-33-23/h2-7,12-13,19H,8-11,14-15H2,1H3/i25-1. The van der Waals surface area contributed by atoms with E-state index >= 15 is 0 Å². The molecule has 33 heavy (non-hydrogen) atoms. The Labute approximate surface area is 195 Å². The molecule has 9 heteroatoms. The molecule has 2 aliphatic rings. The fourth-order valence-electron chi connectivity index (χ4n) is 4.64. The number of amides is 2. The van der Waals surface area contributed by atoms with Gasteiger partial charge in [-0.25, -0.2) is 9.97 Å². The number of nitrogens with zero attached hydrogens (tertiary/aromatic N) is 5. The van der Waals surface area contributed by atoms with Crippen molar-refractivity contribution in [1.82, 2.24) is 19.8 Å². The molecule has 2 aromatic heterocycles. The maximum Gasteiger partial charge on any atom is 0.282 e. The quantitative estimate of drug-likeness (QED) is 0.555. The van der Waals surface area contributed by atoms with E-state index in [0.29, 0.717) is 42.2 Å². The first-order valence-electron chi connectivity index (χ1n) is 11.0. The van der Waals surface area contributed by atoms with Crippen molar-refractivity contribution < 1.29 is 14.0 Å². The third-order valence-electron chi connectivity index (χ3n) is 6.40. The molecule has 0 aliphatic carbocycles. The van der Waals surface area contributed by atoms with Crippen molar-refractivity contribution >= 4 is 28.8 Å². The van der Waals surface area contributed by atoms with Gasteiger partial charge in [-0.1, -0.05) is 12.1 Å². The molecule has 0 spiro atoms. The van der Waals surface area contributed by atoms with Crippen LogP contribution in [0.1, 0.15) is 21.8 Å². The molecule has 0 radical (unpaired) electrons. The Hall–Kier alpha value is -3.17. The summed E-state index contributed by atoms with van der Waals surface area (Å²) in [7, 11) is 0. The SMILES string of the molecule is Cc1ccnc([18F])c1-c1cccc(N2CC(N3CCN(C(=O)c4nccs4)CC3)CC2=O)c1. The van der Waals surface area contributed by atoms with Crippen molar-refractivity contribution in [2.75, 3.05) is 37.6 Å². The lowest BCUT2D eigenvalue weighted by atomic mass is 10.0. The van der Waals surface area contributed by atoms with Crippen LogP contribution in [0.4, 0.5) is 10.1 Å². The molecule has 4 heterocycles. The Morgan fingerprint density at radius 2 is 1.94 bits per heavy atom. The van der Waals surface area contributed by atoms with Crippen LogP contribution in [0.15, 0.2) is 48.1 Å². The maximum atomic E-state index is 14.4. The van der Waals surface area contributed by atoms with Gasteiger partial charge in [0.2, 0.25) is 11.9 Å². The number of benzene rings is 1. The van der Waals surface area contributed by atoms with Crippen LogP contribution in [0.2, 0.25) is 0 Å². The first-order chi connectivity index (χ1) is 16.0. The van der Waals surface area contributed by atoms with Gasteiger partial charge in [0.25, 0.3) is 5.91 Å². The topological polar surface area (TPSA) is 69.6 Å². The third kappa shape index (κ3) is 4.26. The van der Waals surface area contributed by atoms with Crippen LogP contribution in [-0.2, 0) is 4.79 Å². The number of carbonyl (C=O) groups is 2. The third-order valence-corrected chi connectivity index (χ3v) is 7.16. The number of hydrogen-bond donors (Lipinski definition) is 0. The molecule has 0 saturated carbocycles. The van der Waals surface area contributed by atoms with Gasteiger partial charge in [-0.05, 0) is 36.2 Å². The predicted octanol–water partition coefficient (Wildman–Crippen LogP) is 3.22. The number of aryl methyl sites for hydroxylation is 1. The van der Waals surface area contributed by atoms with Crippen LogP contribution < -0.4 is 4.90 Å². The summed E-state index contributed by atoms with van der Waals surface area (Å²) in [6, 6.07) is 9.31. The summed E-state index contributed by atoms with van der Waals surface area (Å²) in [6.07, 6.45) is 3.54. The first kappa shape index (κ1) is 21.7. The van der Waals surface area contributed by atoms with E-state index in [1.807, 2.05) is 36.1 Å². The van der Waals surface area contributed by atoms with Crippen molar-refractivity contribution in [3.8, 4) is 11.1 Å². The average Bonchev–Trinajstić information content (AvgIpc) is 3.49. The van der Waals surface area contributed by atoms with E-state index < -0.39 is 5.95 Å². The number of carbonyl (C=O) groups excluding carboxylic acids is 2. The Bertz CT molecular complexity index is 1160. The van der Waals surface area contributed by atoms with E-state index in [1.54, 1.807) is 22.5 Å². The summed E-state index contributed by atoms with van der Waals surface area (Å²) in [4.78, 5) is 39.2. The molecular formula is C24H24FN5O2S. The summed E-state index contributed by atoms with van der Waals surface area (Å²) in [6.45, 7) is 5.13. The maximum absolute atomic E-state index is 14.4. The fourth-order valence-corrected chi connectivity index (χ4v) is 5.24. The van der Waals surface area contributed by atoms with Gasteiger partial charge in [0.1, 0.15) is 0 Å². The van der Waals surface area contributed by atoms with Crippen LogP contribution in [0.5, 0.6) is 0 Å². The predicted molar refractivity (Wildman–Crippen MR) is 125 cm³/mol. The number of halogens is 1. The van der Waals surface area contributed by atoms with E-state index in [4.69, 9.17) is 0 Å². The second-order valence-electron chi connectivity index (χ2n) is 8.37. The highest BCUT2D eigenvalue weighted by Crippen LogP contribution is 2.31. The highest BCUT2D eigenvalue weighted by molar-refractivity contribution is 7.11. The molecule has 5 rings (SSSR count). The molecule has 2 aliphatic heterocycles. The summed E-state index contributed by atoms with van der Waals surface area (Å²) < 4.78 is 14.4. The second-order valence-corrected chi connectivity index (χ2v) is 9.27. The van der Waals surface area contributed by atoms with Gasteiger partial charge < -0.3 is 9.80 Å². The van der Waals surface area contributed by atoms with Gasteiger partial charge >= 0.3 is 0 Å². The number of thiazole rings is 1. The zero-order chi connectivity index (χ0) is 22.9. The fraction of sp³-hybridized carbons (Fsp3) is 0.333. The lowest BCUT2D eigenvalue weighted by Gasteiger charge is -2.37. The highest BCUT2D eigenvalue weighted by Gasteiger charge is 2.36. The van der Waals surface area contributed by atoms with Gasteiger partial charge in [-0.15, -0.1) is 11.3 Å². The summed E-state index contributed by atoms with van der Waals surface area (Å²) >= 11 is 1.36. The number of anilines is 1. The van der Waals surface area contributed by atoms with Crippen molar-refractivity contribution in [3.05, 3.63) is 64.6 Å². The van der Waals surface area contributed by atoms with Crippen LogP contribution in [0, 0.1) is 12.9 Å². The highest BCUT2D eigenvalue weighted by atomic mass is 32.1. The van der Waals surface area contributed by atoms with Crippen LogP contribution >= 0.6 is 11.3 Å². The lowest BCUT2D eigenvalue weighted by molar-refractivity contribution is -0.117. The van der Waals surface area contributed by atoms with Crippen LogP contribution in [0.25, 0.3) is 11.1 Å². The van der Waals surface area contributed by atoms with Crippen molar-refractivity contribution in [3.63, 3.8) is 0 Å². The van der Waals surface area contributed by atoms with E-state index in [2.05, 4.69) is 14.9 Å². The number of pyridine rings is 1. The van der Waals surface area contributed by atoms with Gasteiger partial charge in [0.05, 0.1) is 0 Å². The summed E-state index contributed by atoms with van der Waals surface area (Å²) in [5.74, 6) is -0.478. The minimum absolute atomic E-state index is 0.0245. The Balaban J connectivity index is 1.27. The Morgan fingerprint density at radius 1 is 1.12 bits per heavy atom. The molecule has 1 unspecified atom stereocenters. The number of aromatic nitrogens is 2. The monoisotopic (exact) mass is 464 g/mol. The molecule has 2 saturated heterocycles. The molecular weight excluding hydrogens is 440 g/mol. The lowest BCUT2D eigenvalue weighted by Crippen LogP contribution is -2.52. The molecule has 1 aromatic carbocycles. The van der Waals surface area contributed by atoms with E-state index in [0.717, 1.165) is 24.3 Å². The molecule has 3 aromatic rings. The minimum Gasteiger partial charge on any atom is -0.334 e. The Kier molecular flexibility index (Phi) is 5.90. The van der Waals surface area contributed by atoms with Crippen LogP contribution in [-0.4, -0.2) is 70.3 Å². The molecule has 7 nitrogen and oxygen atoms in total. The number of rotatable bonds is 4. The molecule has 170 valence electrons. The van der Waals surface area contributed by atoms with Gasteiger partial charge in [0.15, 0.2) is 5.01 Å². The Morgan fingerprint density at radius 3 is 2.67 bits per heavy atom. The average molecular weight is 465 g/mol. The van der Waals surface area contributed by atoms with E-state index in [9.17, 15) is 14.0 Å². The largest absolute Gasteiger partial charge is 0.334 e. The molecule has 2 fully saturated rings. The van der Waals surface area contributed by atoms with Crippen molar-refractivity contribution in [2.45, 2.75) is 19.4 Å². The van der Waals surface area contributed by atoms with Crippen molar-refractivity contribution in [2.24, 2.45) is 0 Å². The zero-order valence-corrected chi connectivity index (χ0v) is 19.1. The zero-order valence-electron chi connectivity index (χ0n) is 18.3. The number of piperazine rings is 1. The van der Waals surface area contributed by atoms with Gasteiger partial charge in [-0.3, -0.25) is 14.5 Å². The van der Waals surface area contributed by atoms with Gasteiger partial charge in [-0.2, -0.15) is 4.39 Å². The van der Waals surface area contributed by atoms with Crippen molar-refractivity contribution in [1.29, 1.82) is 0 Å². The molecule has 2 amide bonds. The van der Waals surface area contributed by atoms with Gasteiger partial charge in [0, 0.05) is 74.2 Å². The molecule has 1 atom stereocenters. The number of hydrogen-bond acceptors (Lipinski definition) is 6. The van der Waals surface area contributed by atoms with E-state index in [-0.39, 0.29) is 17.9 Å². The molecule has 0 bridgehead atoms. The summed E-state index contributed by atoms with van der Waals surface area (Å²) in [5.41, 5.74) is 2.74. The summed E-state index contributed by atoms with van der Waals surface area (Å²) in [5, 5.41) is 2.33. The molecule has 0 N–H and O–H groups in total. The first-order valence-corrected chi connectivity index (χ1v) is 11.8. The minimum atomic E-state index is -0.511. The van der Waals surface area contributed by atoms with Crippen LogP contribution in [0.3, 0.4) is 0 Å². The second kappa shape index (κ2) is 8.99. The smallest absolute Gasteiger partial charge is 0.282 e. The van der Waals surface area contributed by atoms with E-state index in [1.165, 1.54) is 17.5 Å². The normalized spacial score (nSPS) is 19.3.